The van der Waals surface area contributed by atoms with Gasteiger partial charge in [0.25, 0.3) is 5.91 Å². The highest BCUT2D eigenvalue weighted by molar-refractivity contribution is 6.25. The van der Waals surface area contributed by atoms with Crippen LogP contribution in [-0.4, -0.2) is 18.4 Å². The lowest BCUT2D eigenvalue weighted by molar-refractivity contribution is -0.116. The molecule has 4 nitrogen and oxygen atoms in total. The Bertz CT molecular complexity index is 730. The van der Waals surface area contributed by atoms with Crippen LogP contribution in [0.25, 0.3) is 0 Å². The van der Waals surface area contributed by atoms with Gasteiger partial charge in [-0.15, -0.1) is 11.6 Å². The van der Waals surface area contributed by atoms with Gasteiger partial charge >= 0.3 is 0 Å². The number of benzene rings is 2. The standard InChI is InChI=1S/C16H13ClN2O2/c17-15-10-5-1-2-6-11(10)16(21)19(9-14(18)20)13-8-4-3-7-12(13)15/h1-8,15H,9H2,(H2,18,20). The van der Waals surface area contributed by atoms with E-state index in [-0.39, 0.29) is 12.5 Å². The molecule has 1 heterocycles. The first-order chi connectivity index (χ1) is 10.1. The molecule has 0 aromatic heterocycles. The Morgan fingerprint density at radius 2 is 1.71 bits per heavy atom. The Morgan fingerprint density at radius 3 is 2.43 bits per heavy atom. The van der Waals surface area contributed by atoms with E-state index in [2.05, 4.69) is 0 Å². The second-order valence-electron chi connectivity index (χ2n) is 4.87. The summed E-state index contributed by atoms with van der Waals surface area (Å²) in [6.07, 6.45) is 0. The van der Waals surface area contributed by atoms with E-state index in [1.165, 1.54) is 4.90 Å². The number of carbonyl (C=O) groups excluding carboxylic acids is 2. The van der Waals surface area contributed by atoms with Crippen molar-refractivity contribution in [3.05, 3.63) is 65.2 Å². The molecule has 0 spiro atoms. The summed E-state index contributed by atoms with van der Waals surface area (Å²) < 4.78 is 0. The van der Waals surface area contributed by atoms with Gasteiger partial charge in [-0.05, 0) is 23.3 Å². The summed E-state index contributed by atoms with van der Waals surface area (Å²) in [5.74, 6) is -0.830. The fraction of sp³-hybridized carbons (Fsp3) is 0.125. The van der Waals surface area contributed by atoms with Crippen LogP contribution >= 0.6 is 11.6 Å². The third-order valence-electron chi connectivity index (χ3n) is 3.52. The van der Waals surface area contributed by atoms with Gasteiger partial charge in [0.15, 0.2) is 0 Å². The molecule has 2 N–H and O–H groups in total. The molecule has 1 atom stereocenters. The third-order valence-corrected chi connectivity index (χ3v) is 3.99. The number of anilines is 1. The van der Waals surface area contributed by atoms with Crippen LogP contribution in [0.3, 0.4) is 0 Å². The molecule has 5 heteroatoms. The van der Waals surface area contributed by atoms with Crippen LogP contribution in [0.5, 0.6) is 0 Å². The van der Waals surface area contributed by atoms with E-state index in [0.717, 1.165) is 11.1 Å². The first kappa shape index (κ1) is 13.6. The van der Waals surface area contributed by atoms with E-state index in [0.29, 0.717) is 11.3 Å². The fourth-order valence-corrected chi connectivity index (χ4v) is 2.97. The summed E-state index contributed by atoms with van der Waals surface area (Å²) in [5, 5.41) is -0.445. The topological polar surface area (TPSA) is 63.4 Å². The van der Waals surface area contributed by atoms with Crippen LogP contribution in [0.1, 0.15) is 26.9 Å². The molecule has 0 aliphatic carbocycles. The zero-order valence-corrected chi connectivity index (χ0v) is 11.9. The minimum absolute atomic E-state index is 0.173. The second kappa shape index (κ2) is 5.22. The number of primary amides is 1. The number of alkyl halides is 1. The van der Waals surface area contributed by atoms with Gasteiger partial charge in [-0.25, -0.2) is 0 Å². The Kier molecular flexibility index (Phi) is 3.39. The maximum absolute atomic E-state index is 12.7. The molecule has 2 aromatic carbocycles. The van der Waals surface area contributed by atoms with Gasteiger partial charge in [-0.2, -0.15) is 0 Å². The molecule has 21 heavy (non-hydrogen) atoms. The van der Waals surface area contributed by atoms with Crippen molar-refractivity contribution in [2.75, 3.05) is 11.4 Å². The number of carbonyl (C=O) groups is 2. The normalized spacial score (nSPS) is 16.9. The molecule has 0 saturated carbocycles. The number of hydrogen-bond donors (Lipinski definition) is 1. The zero-order chi connectivity index (χ0) is 15.0. The van der Waals surface area contributed by atoms with E-state index < -0.39 is 11.3 Å². The van der Waals surface area contributed by atoms with Crippen LogP contribution in [0.15, 0.2) is 48.5 Å². The minimum atomic E-state index is -0.566. The van der Waals surface area contributed by atoms with Gasteiger partial charge in [-0.1, -0.05) is 36.4 Å². The molecular weight excluding hydrogens is 288 g/mol. The first-order valence-electron chi connectivity index (χ1n) is 6.51. The molecule has 106 valence electrons. The fourth-order valence-electron chi connectivity index (χ4n) is 2.60. The summed E-state index contributed by atoms with van der Waals surface area (Å²) in [6, 6.07) is 14.5. The van der Waals surface area contributed by atoms with E-state index in [4.69, 9.17) is 17.3 Å². The lowest BCUT2D eigenvalue weighted by Gasteiger charge is -2.21. The number of amides is 2. The number of para-hydroxylation sites is 1. The first-order valence-corrected chi connectivity index (χ1v) is 6.95. The quantitative estimate of drug-likeness (QED) is 0.866. The van der Waals surface area contributed by atoms with Crippen molar-refractivity contribution in [1.82, 2.24) is 0 Å². The van der Waals surface area contributed by atoms with Crippen LogP contribution < -0.4 is 10.6 Å². The van der Waals surface area contributed by atoms with Gasteiger partial charge in [-0.3, -0.25) is 14.5 Å². The van der Waals surface area contributed by atoms with Crippen LogP contribution in [-0.2, 0) is 4.79 Å². The number of rotatable bonds is 2. The minimum Gasteiger partial charge on any atom is -0.368 e. The highest BCUT2D eigenvalue weighted by atomic mass is 35.5. The van der Waals surface area contributed by atoms with Crippen molar-refractivity contribution < 1.29 is 9.59 Å². The van der Waals surface area contributed by atoms with E-state index >= 15 is 0 Å². The van der Waals surface area contributed by atoms with Crippen LogP contribution in [0.4, 0.5) is 5.69 Å². The van der Waals surface area contributed by atoms with Gasteiger partial charge in [0.1, 0.15) is 6.54 Å². The highest BCUT2D eigenvalue weighted by Gasteiger charge is 2.31. The summed E-state index contributed by atoms with van der Waals surface area (Å²) in [4.78, 5) is 25.5. The molecule has 0 radical (unpaired) electrons. The lowest BCUT2D eigenvalue weighted by Crippen LogP contribution is -2.38. The van der Waals surface area contributed by atoms with Gasteiger partial charge in [0.2, 0.25) is 5.91 Å². The molecule has 2 amide bonds. The van der Waals surface area contributed by atoms with Crippen molar-refractivity contribution in [1.29, 1.82) is 0 Å². The van der Waals surface area contributed by atoms with Gasteiger partial charge in [0, 0.05) is 11.3 Å². The number of nitrogens with two attached hydrogens (primary N) is 1. The Labute approximate surface area is 127 Å². The number of hydrogen-bond acceptors (Lipinski definition) is 2. The van der Waals surface area contributed by atoms with E-state index in [1.807, 2.05) is 24.3 Å². The smallest absolute Gasteiger partial charge is 0.259 e. The number of halogens is 1. The van der Waals surface area contributed by atoms with Gasteiger partial charge in [0.05, 0.1) is 5.38 Å². The monoisotopic (exact) mass is 300 g/mol. The van der Waals surface area contributed by atoms with Crippen molar-refractivity contribution >= 4 is 29.1 Å². The van der Waals surface area contributed by atoms with Crippen molar-refractivity contribution in [3.63, 3.8) is 0 Å². The summed E-state index contributed by atoms with van der Waals surface area (Å²) in [7, 11) is 0. The zero-order valence-electron chi connectivity index (χ0n) is 11.1. The molecule has 3 rings (SSSR count). The SMILES string of the molecule is NC(=O)CN1C(=O)c2ccccc2C(Cl)c2ccccc21. The predicted octanol–water partition coefficient (Wildman–Crippen LogP) is 2.46. The van der Waals surface area contributed by atoms with Crippen molar-refractivity contribution in [3.8, 4) is 0 Å². The van der Waals surface area contributed by atoms with Crippen molar-refractivity contribution in [2.45, 2.75) is 5.38 Å². The molecular formula is C16H13ClN2O2. The summed E-state index contributed by atoms with van der Waals surface area (Å²) in [5.41, 5.74) is 7.93. The predicted molar refractivity (Wildman–Crippen MR) is 81.5 cm³/mol. The molecule has 1 aliphatic rings. The van der Waals surface area contributed by atoms with Crippen LogP contribution in [0, 0.1) is 0 Å². The van der Waals surface area contributed by atoms with Crippen molar-refractivity contribution in [2.24, 2.45) is 5.73 Å². The Balaban J connectivity index is 2.25. The molecule has 0 saturated heterocycles. The number of fused-ring (bicyclic) bond motifs is 2. The Hall–Kier alpha value is -2.33. The molecule has 0 bridgehead atoms. The maximum Gasteiger partial charge on any atom is 0.259 e. The van der Waals surface area contributed by atoms with Gasteiger partial charge < -0.3 is 5.73 Å². The molecule has 1 unspecified atom stereocenters. The average Bonchev–Trinajstić information content (AvgIpc) is 2.58. The summed E-state index contributed by atoms with van der Waals surface area (Å²) in [6.45, 7) is -0.173. The average molecular weight is 301 g/mol. The highest BCUT2D eigenvalue weighted by Crippen LogP contribution is 2.40. The molecule has 1 aliphatic heterocycles. The summed E-state index contributed by atoms with van der Waals surface area (Å²) >= 11 is 6.55. The third kappa shape index (κ3) is 2.28. The molecule has 2 aromatic rings. The molecule has 0 fully saturated rings. The van der Waals surface area contributed by atoms with E-state index in [1.54, 1.807) is 24.3 Å². The van der Waals surface area contributed by atoms with Crippen LogP contribution in [0.2, 0.25) is 0 Å². The Morgan fingerprint density at radius 1 is 1.10 bits per heavy atom. The maximum atomic E-state index is 12.7. The van der Waals surface area contributed by atoms with E-state index in [9.17, 15) is 9.59 Å². The largest absolute Gasteiger partial charge is 0.368 e. The second-order valence-corrected chi connectivity index (χ2v) is 5.30. The lowest BCUT2D eigenvalue weighted by atomic mass is 10.00. The number of nitrogens with zero attached hydrogens (tertiary/aromatic N) is 1.